The first-order valence-corrected chi connectivity index (χ1v) is 12.7. The number of nitrogens with zero attached hydrogens (tertiary/aromatic N) is 2. The van der Waals surface area contributed by atoms with Crippen LogP contribution in [0.3, 0.4) is 0 Å². The monoisotopic (exact) mass is 547 g/mol. The van der Waals surface area contributed by atoms with Crippen molar-refractivity contribution >= 4 is 22.4 Å². The number of fused-ring (bicyclic) bond motifs is 1. The fourth-order valence-corrected chi connectivity index (χ4v) is 4.63. The summed E-state index contributed by atoms with van der Waals surface area (Å²) in [6.45, 7) is 1.08. The van der Waals surface area contributed by atoms with Crippen LogP contribution in [-0.4, -0.2) is 73.2 Å². The van der Waals surface area contributed by atoms with Gasteiger partial charge in [0.2, 0.25) is 12.2 Å². The first-order chi connectivity index (χ1) is 19.2. The average Bonchev–Trinajstić information content (AvgIpc) is 2.96. The van der Waals surface area contributed by atoms with Crippen molar-refractivity contribution in [2.24, 2.45) is 0 Å². The Kier molecular flexibility index (Phi) is 7.92. The lowest BCUT2D eigenvalue weighted by Crippen LogP contribution is -2.60. The summed E-state index contributed by atoms with van der Waals surface area (Å²) in [5.74, 6) is 0.0204. The highest BCUT2D eigenvalue weighted by molar-refractivity contribution is 5.91. The fraction of sp³-hybridized carbons (Fsp3) is 0.276. The summed E-state index contributed by atoms with van der Waals surface area (Å²) in [5, 5.41) is 43.6. The second kappa shape index (κ2) is 11.5. The first-order valence-electron chi connectivity index (χ1n) is 12.7. The lowest BCUT2D eigenvalue weighted by molar-refractivity contribution is -0.277. The van der Waals surface area contributed by atoms with Gasteiger partial charge in [-0.2, -0.15) is 0 Å². The molecule has 1 aliphatic rings. The molecule has 5 N–H and O–H groups in total. The molecule has 1 aliphatic heterocycles. The van der Waals surface area contributed by atoms with Crippen molar-refractivity contribution in [2.45, 2.75) is 44.2 Å². The molecule has 0 bridgehead atoms. The van der Waals surface area contributed by atoms with E-state index in [0.717, 1.165) is 16.5 Å². The number of carbonyl (C=O) groups excluding carboxylic acids is 1. The predicted octanol–water partition coefficient (Wildman–Crippen LogP) is 1.19. The summed E-state index contributed by atoms with van der Waals surface area (Å²) >= 11 is 0. The van der Waals surface area contributed by atoms with Crippen LogP contribution < -0.4 is 15.6 Å². The highest BCUT2D eigenvalue weighted by atomic mass is 16.7. The van der Waals surface area contributed by atoms with E-state index in [-0.39, 0.29) is 18.0 Å². The molecule has 0 unspecified atom stereocenters. The highest BCUT2D eigenvalue weighted by Gasteiger charge is 2.44. The lowest BCUT2D eigenvalue weighted by Gasteiger charge is -2.39. The van der Waals surface area contributed by atoms with Crippen molar-refractivity contribution < 1.29 is 34.7 Å². The Bertz CT molecular complexity index is 1570. The summed E-state index contributed by atoms with van der Waals surface area (Å²) in [4.78, 5) is 29.7. The second-order valence-electron chi connectivity index (χ2n) is 9.64. The van der Waals surface area contributed by atoms with Crippen molar-refractivity contribution in [1.29, 1.82) is 0 Å². The first kappa shape index (κ1) is 27.4. The number of carbonyl (C=O) groups is 1. The Labute approximate surface area is 228 Å². The van der Waals surface area contributed by atoms with Crippen molar-refractivity contribution in [3.05, 3.63) is 89.1 Å². The van der Waals surface area contributed by atoms with E-state index in [1.54, 1.807) is 55.7 Å². The largest absolute Gasteiger partial charge is 0.462 e. The molecule has 1 saturated heterocycles. The fourth-order valence-electron chi connectivity index (χ4n) is 4.63. The van der Waals surface area contributed by atoms with Gasteiger partial charge in [-0.25, -0.2) is 0 Å². The number of aliphatic hydroxyl groups is 4. The van der Waals surface area contributed by atoms with Crippen LogP contribution in [0.1, 0.15) is 5.56 Å². The molecule has 0 radical (unpaired) electrons. The minimum Gasteiger partial charge on any atom is -0.462 e. The Morgan fingerprint density at radius 1 is 1.05 bits per heavy atom. The minimum absolute atomic E-state index is 0.156. The summed E-state index contributed by atoms with van der Waals surface area (Å²) < 4.78 is 12.6. The van der Waals surface area contributed by atoms with Crippen LogP contribution in [0.5, 0.6) is 5.75 Å². The maximum atomic E-state index is 13.2. The smallest absolute Gasteiger partial charge is 0.258 e. The van der Waals surface area contributed by atoms with Crippen LogP contribution in [0, 0.1) is 6.92 Å². The summed E-state index contributed by atoms with van der Waals surface area (Å²) in [6.07, 6.45) is -2.21. The summed E-state index contributed by atoms with van der Waals surface area (Å²) in [5.41, 5.74) is 2.49. The van der Waals surface area contributed by atoms with Crippen molar-refractivity contribution in [2.75, 3.05) is 11.9 Å². The standard InChI is InChI=1S/C29H29N3O8/c1-16-11-18(6-7-22(16)39-29-27(37)26(36)25(35)23(15-33)40-29)19-5-4-17-8-10-32(28(38)21(17)12-19)14-24(34)31-20-3-2-9-30-13-20/h2-13,23,25-27,29,33,35-37H,14-15H2,1H3,(H,31,34)/t23-,25-,26+,27+,29+/m1/s1. The molecule has 11 nitrogen and oxygen atoms in total. The van der Waals surface area contributed by atoms with Gasteiger partial charge >= 0.3 is 0 Å². The molecular formula is C29H29N3O8. The van der Waals surface area contributed by atoms with E-state index in [1.807, 2.05) is 18.2 Å². The Morgan fingerprint density at radius 3 is 2.55 bits per heavy atom. The zero-order chi connectivity index (χ0) is 28.4. The normalized spacial score (nSPS) is 22.7. The van der Waals surface area contributed by atoms with Crippen LogP contribution in [0.4, 0.5) is 5.69 Å². The quantitative estimate of drug-likeness (QED) is 0.229. The lowest BCUT2D eigenvalue weighted by atomic mass is 9.99. The average molecular weight is 548 g/mol. The van der Waals surface area contributed by atoms with Gasteiger partial charge in [0.05, 0.1) is 18.5 Å². The van der Waals surface area contributed by atoms with Gasteiger partial charge in [0, 0.05) is 17.8 Å². The van der Waals surface area contributed by atoms with Gasteiger partial charge in [-0.15, -0.1) is 0 Å². The van der Waals surface area contributed by atoms with E-state index in [4.69, 9.17) is 9.47 Å². The molecule has 1 fully saturated rings. The van der Waals surface area contributed by atoms with Crippen molar-refractivity contribution in [3.63, 3.8) is 0 Å². The van der Waals surface area contributed by atoms with Crippen LogP contribution in [0.2, 0.25) is 0 Å². The number of rotatable bonds is 7. The number of aryl methyl sites for hydroxylation is 1. The molecular weight excluding hydrogens is 518 g/mol. The molecule has 0 spiro atoms. The number of ether oxygens (including phenoxy) is 2. The predicted molar refractivity (Wildman–Crippen MR) is 146 cm³/mol. The molecule has 2 aromatic heterocycles. The zero-order valence-electron chi connectivity index (χ0n) is 21.5. The van der Waals surface area contributed by atoms with Crippen LogP contribution in [0.25, 0.3) is 21.9 Å². The zero-order valence-corrected chi connectivity index (χ0v) is 21.5. The van der Waals surface area contributed by atoms with E-state index < -0.39 is 37.3 Å². The van der Waals surface area contributed by atoms with Crippen LogP contribution in [0.15, 0.2) is 78.0 Å². The van der Waals surface area contributed by atoms with Gasteiger partial charge in [-0.05, 0) is 65.4 Å². The molecule has 40 heavy (non-hydrogen) atoms. The van der Waals surface area contributed by atoms with Gasteiger partial charge in [-0.1, -0.05) is 18.2 Å². The molecule has 5 atom stereocenters. The number of pyridine rings is 2. The van der Waals surface area contributed by atoms with Crippen LogP contribution in [-0.2, 0) is 16.1 Å². The topological polar surface area (TPSA) is 163 Å². The number of benzene rings is 2. The van der Waals surface area contributed by atoms with E-state index in [0.29, 0.717) is 22.4 Å². The van der Waals surface area contributed by atoms with Crippen molar-refractivity contribution in [3.8, 4) is 16.9 Å². The minimum atomic E-state index is -1.54. The van der Waals surface area contributed by atoms with Gasteiger partial charge in [-0.3, -0.25) is 14.6 Å². The highest BCUT2D eigenvalue weighted by Crippen LogP contribution is 2.30. The maximum absolute atomic E-state index is 13.2. The van der Waals surface area contributed by atoms with E-state index >= 15 is 0 Å². The maximum Gasteiger partial charge on any atom is 0.258 e. The van der Waals surface area contributed by atoms with E-state index in [9.17, 15) is 30.0 Å². The number of aromatic nitrogens is 2. The third kappa shape index (κ3) is 5.60. The molecule has 5 rings (SSSR count). The number of hydrogen-bond donors (Lipinski definition) is 5. The molecule has 2 aromatic carbocycles. The molecule has 1 amide bonds. The molecule has 0 saturated carbocycles. The van der Waals surface area contributed by atoms with Gasteiger partial charge in [0.1, 0.15) is 36.7 Å². The van der Waals surface area contributed by atoms with Gasteiger partial charge < -0.3 is 39.8 Å². The van der Waals surface area contributed by atoms with Crippen LogP contribution >= 0.6 is 0 Å². The number of amides is 1. The molecule has 11 heteroatoms. The van der Waals surface area contributed by atoms with Gasteiger partial charge in [0.15, 0.2) is 0 Å². The number of hydrogen-bond acceptors (Lipinski definition) is 9. The number of aliphatic hydroxyl groups excluding tert-OH is 4. The van der Waals surface area contributed by atoms with E-state index in [1.165, 1.54) is 10.8 Å². The summed E-state index contributed by atoms with van der Waals surface area (Å²) in [7, 11) is 0. The van der Waals surface area contributed by atoms with E-state index in [2.05, 4.69) is 10.3 Å². The third-order valence-corrected chi connectivity index (χ3v) is 6.84. The summed E-state index contributed by atoms with van der Waals surface area (Å²) in [6, 6.07) is 16.0. The number of anilines is 1. The number of nitrogens with one attached hydrogen (secondary N) is 1. The third-order valence-electron chi connectivity index (χ3n) is 6.84. The molecule has 0 aliphatic carbocycles. The Morgan fingerprint density at radius 2 is 1.82 bits per heavy atom. The SMILES string of the molecule is Cc1cc(-c2ccc3ccn(CC(=O)Nc4cccnc4)c(=O)c3c2)ccc1O[C@H]1O[C@H](CO)[C@@H](O)[C@H](O)[C@@H]1O. The van der Waals surface area contributed by atoms with Crippen molar-refractivity contribution in [1.82, 2.24) is 9.55 Å². The molecule has 4 aromatic rings. The van der Waals surface area contributed by atoms with Gasteiger partial charge in [0.25, 0.3) is 5.56 Å². The molecule has 208 valence electrons. The second-order valence-corrected chi connectivity index (χ2v) is 9.64. The molecule has 3 heterocycles. The Hall–Kier alpha value is -4.13. The Balaban J connectivity index is 1.36.